The molecule has 2 aromatic carbocycles. The van der Waals surface area contributed by atoms with Crippen molar-refractivity contribution in [1.29, 1.82) is 0 Å². The number of nitrogens with one attached hydrogen (secondary N) is 2. The maximum Gasteiger partial charge on any atom is 0.339 e. The van der Waals surface area contributed by atoms with E-state index >= 15 is 0 Å². The number of hydrazone groups is 1. The molecular formula is C18H21N3O3. The first kappa shape index (κ1) is 17.3. The average molecular weight is 327 g/mol. The highest BCUT2D eigenvalue weighted by atomic mass is 16.5. The van der Waals surface area contributed by atoms with Crippen molar-refractivity contribution >= 4 is 17.9 Å². The van der Waals surface area contributed by atoms with E-state index in [1.54, 1.807) is 20.3 Å². The van der Waals surface area contributed by atoms with Gasteiger partial charge in [-0.3, -0.25) is 0 Å². The molecule has 0 aliphatic rings. The van der Waals surface area contributed by atoms with Gasteiger partial charge < -0.3 is 14.8 Å². The molecule has 2 N–H and O–H groups in total. The molecule has 0 unspecified atom stereocenters. The van der Waals surface area contributed by atoms with Crippen LogP contribution < -0.4 is 20.2 Å². The second-order valence-electron chi connectivity index (χ2n) is 5.17. The molecular weight excluding hydrogens is 306 g/mol. The van der Waals surface area contributed by atoms with E-state index in [4.69, 9.17) is 9.47 Å². The summed E-state index contributed by atoms with van der Waals surface area (Å²) in [6.45, 7) is 3.87. The fourth-order valence-corrected chi connectivity index (χ4v) is 2.33. The maximum atomic E-state index is 12.0. The summed E-state index contributed by atoms with van der Waals surface area (Å²) >= 11 is 0. The fraction of sp³-hybridized carbons (Fsp3) is 0.222. The number of benzene rings is 2. The largest absolute Gasteiger partial charge is 0.493 e. The van der Waals surface area contributed by atoms with E-state index in [0.29, 0.717) is 17.1 Å². The molecule has 0 atom stereocenters. The average Bonchev–Trinajstić information content (AvgIpc) is 2.58. The minimum absolute atomic E-state index is 0.412. The lowest BCUT2D eigenvalue weighted by Gasteiger charge is -2.11. The van der Waals surface area contributed by atoms with Crippen LogP contribution in [0.5, 0.6) is 11.5 Å². The van der Waals surface area contributed by atoms with Crippen molar-refractivity contribution in [2.45, 2.75) is 13.8 Å². The van der Waals surface area contributed by atoms with Crippen LogP contribution in [0.3, 0.4) is 0 Å². The van der Waals surface area contributed by atoms with Crippen molar-refractivity contribution in [3.63, 3.8) is 0 Å². The molecule has 2 aromatic rings. The van der Waals surface area contributed by atoms with Crippen LogP contribution >= 0.6 is 0 Å². The molecule has 0 spiro atoms. The Balaban J connectivity index is 2.05. The molecule has 0 fully saturated rings. The smallest absolute Gasteiger partial charge is 0.339 e. The number of para-hydroxylation sites is 2. The Morgan fingerprint density at radius 3 is 2.33 bits per heavy atom. The third kappa shape index (κ3) is 4.04. The van der Waals surface area contributed by atoms with Crippen LogP contribution in [0.1, 0.15) is 16.7 Å². The summed E-state index contributed by atoms with van der Waals surface area (Å²) in [5.74, 6) is 1.15. The molecule has 0 saturated carbocycles. The molecule has 6 nitrogen and oxygen atoms in total. The highest BCUT2D eigenvalue weighted by molar-refractivity contribution is 5.92. The third-order valence-electron chi connectivity index (χ3n) is 3.52. The van der Waals surface area contributed by atoms with Gasteiger partial charge in [0.1, 0.15) is 0 Å². The Labute approximate surface area is 141 Å². The van der Waals surface area contributed by atoms with Gasteiger partial charge in [-0.05, 0) is 37.1 Å². The Hall–Kier alpha value is -3.02. The molecule has 2 amide bonds. The molecule has 0 aliphatic heterocycles. The van der Waals surface area contributed by atoms with Crippen LogP contribution in [-0.2, 0) is 0 Å². The summed E-state index contributed by atoms with van der Waals surface area (Å²) in [7, 11) is 3.12. The quantitative estimate of drug-likeness (QED) is 0.652. The van der Waals surface area contributed by atoms with Gasteiger partial charge in [0.15, 0.2) is 11.5 Å². The fourth-order valence-electron chi connectivity index (χ4n) is 2.33. The van der Waals surface area contributed by atoms with Crippen LogP contribution in [0, 0.1) is 13.8 Å². The topological polar surface area (TPSA) is 72.0 Å². The zero-order valence-corrected chi connectivity index (χ0v) is 14.2. The van der Waals surface area contributed by atoms with Gasteiger partial charge in [-0.2, -0.15) is 5.10 Å². The summed E-state index contributed by atoms with van der Waals surface area (Å²) in [6.07, 6.45) is 1.51. The zero-order chi connectivity index (χ0) is 17.5. The lowest BCUT2D eigenvalue weighted by molar-refractivity contribution is 0.252. The number of carbonyl (C=O) groups excluding carboxylic acids is 1. The number of carbonyl (C=O) groups is 1. The van der Waals surface area contributed by atoms with E-state index in [2.05, 4.69) is 15.8 Å². The predicted octanol–water partition coefficient (Wildman–Crippen LogP) is 3.48. The van der Waals surface area contributed by atoms with E-state index in [0.717, 1.165) is 16.8 Å². The van der Waals surface area contributed by atoms with Crippen molar-refractivity contribution in [2.24, 2.45) is 5.10 Å². The molecule has 0 radical (unpaired) electrons. The lowest BCUT2D eigenvalue weighted by atomic mass is 10.1. The lowest BCUT2D eigenvalue weighted by Crippen LogP contribution is -2.25. The normalized spacial score (nSPS) is 10.5. The molecule has 24 heavy (non-hydrogen) atoms. The van der Waals surface area contributed by atoms with Gasteiger partial charge in [0.25, 0.3) is 0 Å². The van der Waals surface area contributed by atoms with E-state index in [9.17, 15) is 4.79 Å². The Bertz CT molecular complexity index is 737. The second-order valence-corrected chi connectivity index (χ2v) is 5.17. The first-order chi connectivity index (χ1) is 11.6. The van der Waals surface area contributed by atoms with Gasteiger partial charge in [0, 0.05) is 11.3 Å². The molecule has 2 rings (SSSR count). The number of rotatable bonds is 5. The molecule has 0 bridgehead atoms. The number of anilines is 1. The SMILES string of the molecule is COc1cccc(/C=N/NC(=O)Nc2c(C)cccc2C)c1OC. The Morgan fingerprint density at radius 2 is 1.71 bits per heavy atom. The highest BCUT2D eigenvalue weighted by Gasteiger charge is 2.08. The van der Waals surface area contributed by atoms with E-state index in [-0.39, 0.29) is 0 Å². The van der Waals surface area contributed by atoms with Gasteiger partial charge >= 0.3 is 6.03 Å². The summed E-state index contributed by atoms with van der Waals surface area (Å²) < 4.78 is 10.5. The minimum Gasteiger partial charge on any atom is -0.493 e. The molecule has 0 heterocycles. The van der Waals surface area contributed by atoms with Crippen LogP contribution in [0.25, 0.3) is 0 Å². The van der Waals surface area contributed by atoms with Crippen LogP contribution in [0.2, 0.25) is 0 Å². The Kier molecular flexibility index (Phi) is 5.78. The maximum absolute atomic E-state index is 12.0. The number of hydrogen-bond donors (Lipinski definition) is 2. The van der Waals surface area contributed by atoms with Crippen molar-refractivity contribution in [2.75, 3.05) is 19.5 Å². The highest BCUT2D eigenvalue weighted by Crippen LogP contribution is 2.29. The van der Waals surface area contributed by atoms with Gasteiger partial charge in [-0.15, -0.1) is 0 Å². The van der Waals surface area contributed by atoms with Crippen molar-refractivity contribution in [1.82, 2.24) is 5.43 Å². The van der Waals surface area contributed by atoms with Crippen molar-refractivity contribution in [3.05, 3.63) is 53.1 Å². The van der Waals surface area contributed by atoms with Crippen LogP contribution in [0.15, 0.2) is 41.5 Å². The van der Waals surface area contributed by atoms with Crippen LogP contribution in [0.4, 0.5) is 10.5 Å². The number of methoxy groups -OCH3 is 2. The summed E-state index contributed by atoms with van der Waals surface area (Å²) in [6, 6.07) is 10.8. The number of aryl methyl sites for hydroxylation is 2. The molecule has 0 saturated heterocycles. The van der Waals surface area contributed by atoms with Crippen molar-refractivity contribution in [3.8, 4) is 11.5 Å². The van der Waals surface area contributed by atoms with E-state index in [1.165, 1.54) is 6.21 Å². The number of nitrogens with zero attached hydrogens (tertiary/aromatic N) is 1. The molecule has 6 heteroatoms. The summed E-state index contributed by atoms with van der Waals surface area (Å²) in [4.78, 5) is 12.0. The third-order valence-corrected chi connectivity index (χ3v) is 3.52. The van der Waals surface area contributed by atoms with Gasteiger partial charge in [0.05, 0.1) is 20.4 Å². The number of amides is 2. The summed E-state index contributed by atoms with van der Waals surface area (Å²) in [5.41, 5.74) is 5.90. The number of hydrogen-bond acceptors (Lipinski definition) is 4. The Morgan fingerprint density at radius 1 is 1.04 bits per heavy atom. The van der Waals surface area contributed by atoms with Gasteiger partial charge in [0.2, 0.25) is 0 Å². The second kappa shape index (κ2) is 8.01. The minimum atomic E-state index is -0.412. The first-order valence-electron chi connectivity index (χ1n) is 7.44. The van der Waals surface area contributed by atoms with Gasteiger partial charge in [-0.1, -0.05) is 24.3 Å². The van der Waals surface area contributed by atoms with Crippen LogP contribution in [-0.4, -0.2) is 26.5 Å². The summed E-state index contributed by atoms with van der Waals surface area (Å²) in [5, 5.41) is 6.75. The zero-order valence-electron chi connectivity index (χ0n) is 14.2. The van der Waals surface area contributed by atoms with Gasteiger partial charge in [-0.25, -0.2) is 10.2 Å². The standard InChI is InChI=1S/C18H21N3O3/c1-12-7-5-8-13(2)16(12)20-18(22)21-19-11-14-9-6-10-15(23-3)17(14)24-4/h5-11H,1-4H3,(H2,20,21,22)/b19-11+. The van der Waals surface area contributed by atoms with E-state index in [1.807, 2.05) is 44.2 Å². The monoisotopic (exact) mass is 327 g/mol. The number of ether oxygens (including phenoxy) is 2. The predicted molar refractivity (Wildman–Crippen MR) is 95.2 cm³/mol. The van der Waals surface area contributed by atoms with E-state index < -0.39 is 6.03 Å². The molecule has 126 valence electrons. The first-order valence-corrected chi connectivity index (χ1v) is 7.44. The van der Waals surface area contributed by atoms with Crippen molar-refractivity contribution < 1.29 is 14.3 Å². The number of urea groups is 1. The molecule has 0 aliphatic carbocycles. The molecule has 0 aromatic heterocycles.